The van der Waals surface area contributed by atoms with Crippen LogP contribution in [0.3, 0.4) is 0 Å². The van der Waals surface area contributed by atoms with Gasteiger partial charge in [0.15, 0.2) is 0 Å². The number of hydrogen-bond acceptors (Lipinski definition) is 5. The molecule has 2 aromatic rings. The second kappa shape index (κ2) is 11.0. The van der Waals surface area contributed by atoms with Gasteiger partial charge in [-0.2, -0.15) is 0 Å². The first kappa shape index (κ1) is 28.0. The minimum Gasteiger partial charge on any atom is -0.489 e. The third kappa shape index (κ3) is 5.86. The van der Waals surface area contributed by atoms with Crippen molar-refractivity contribution in [3.8, 4) is 5.75 Å². The standard InChI is InChI=1S/C28H32Cl2N2O6/c1-27(2,3)38-26(36)32-14-5-12-28(32)13-15-31(25(28)35)23(24(33)34)16-18-8-10-19(11-9-18)37-17-20-21(29)6-4-7-22(20)30/h4,6-11,23H,5,12-17H2,1-3H3,(H,33,34)/t23-,28-/m0/s1. The smallest absolute Gasteiger partial charge is 0.411 e. The predicted molar refractivity (Wildman–Crippen MR) is 144 cm³/mol. The third-order valence-corrected chi connectivity index (χ3v) is 7.69. The zero-order chi connectivity index (χ0) is 27.7. The fourth-order valence-corrected chi connectivity index (χ4v) is 5.63. The van der Waals surface area contributed by atoms with Gasteiger partial charge in [0, 0.05) is 35.1 Å². The lowest BCUT2D eigenvalue weighted by molar-refractivity contribution is -0.150. The molecule has 2 fully saturated rings. The van der Waals surface area contributed by atoms with Crippen molar-refractivity contribution < 1.29 is 29.0 Å². The Bertz CT molecular complexity index is 1190. The number of ether oxygens (including phenoxy) is 2. The number of likely N-dealkylation sites (tertiary alicyclic amines) is 2. The first-order valence-electron chi connectivity index (χ1n) is 12.6. The number of carbonyl (C=O) groups is 3. The van der Waals surface area contributed by atoms with Crippen LogP contribution in [-0.2, 0) is 27.4 Å². The Labute approximate surface area is 232 Å². The molecule has 0 bridgehead atoms. The number of amides is 2. The molecule has 2 amide bonds. The molecule has 0 radical (unpaired) electrons. The van der Waals surface area contributed by atoms with Gasteiger partial charge in [-0.25, -0.2) is 9.59 Å². The second-order valence-electron chi connectivity index (χ2n) is 10.7. The molecule has 0 aromatic heterocycles. The highest BCUT2D eigenvalue weighted by atomic mass is 35.5. The largest absolute Gasteiger partial charge is 0.489 e. The molecule has 2 aliphatic heterocycles. The minimum atomic E-state index is -1.09. The van der Waals surface area contributed by atoms with E-state index < -0.39 is 29.2 Å². The molecular formula is C28H32Cl2N2O6. The van der Waals surface area contributed by atoms with Crippen LogP contribution in [0.5, 0.6) is 5.75 Å². The number of aliphatic carboxylic acids is 1. The highest BCUT2D eigenvalue weighted by Gasteiger charge is 2.57. The molecule has 2 atom stereocenters. The molecule has 0 unspecified atom stereocenters. The van der Waals surface area contributed by atoms with Crippen LogP contribution in [0.2, 0.25) is 10.0 Å². The highest BCUT2D eigenvalue weighted by Crippen LogP contribution is 2.40. The molecule has 2 aliphatic rings. The van der Waals surface area contributed by atoms with Gasteiger partial charge in [-0.3, -0.25) is 9.69 Å². The van der Waals surface area contributed by atoms with Gasteiger partial charge in [-0.15, -0.1) is 0 Å². The summed E-state index contributed by atoms with van der Waals surface area (Å²) < 4.78 is 11.4. The van der Waals surface area contributed by atoms with E-state index in [2.05, 4.69) is 0 Å². The van der Waals surface area contributed by atoms with Crippen molar-refractivity contribution in [2.75, 3.05) is 13.1 Å². The topological polar surface area (TPSA) is 96.4 Å². The van der Waals surface area contributed by atoms with Crippen LogP contribution in [0.15, 0.2) is 42.5 Å². The quantitative estimate of drug-likeness (QED) is 0.473. The summed E-state index contributed by atoms with van der Waals surface area (Å²) in [5, 5.41) is 11.1. The average Bonchev–Trinajstić information content (AvgIpc) is 3.41. The van der Waals surface area contributed by atoms with E-state index in [1.54, 1.807) is 63.2 Å². The molecule has 2 heterocycles. The molecule has 1 N–H and O–H groups in total. The van der Waals surface area contributed by atoms with Gasteiger partial charge in [-0.1, -0.05) is 41.4 Å². The van der Waals surface area contributed by atoms with Crippen molar-refractivity contribution >= 4 is 41.2 Å². The summed E-state index contributed by atoms with van der Waals surface area (Å²) in [5.74, 6) is -0.845. The predicted octanol–water partition coefficient (Wildman–Crippen LogP) is 5.57. The first-order chi connectivity index (χ1) is 17.9. The molecule has 1 spiro atoms. The van der Waals surface area contributed by atoms with Gasteiger partial charge in [0.2, 0.25) is 5.91 Å². The van der Waals surface area contributed by atoms with E-state index in [0.29, 0.717) is 47.2 Å². The Hall–Kier alpha value is -2.97. The number of nitrogens with zero attached hydrogens (tertiary/aromatic N) is 2. The van der Waals surface area contributed by atoms with Gasteiger partial charge >= 0.3 is 12.1 Å². The van der Waals surface area contributed by atoms with Crippen LogP contribution in [0, 0.1) is 0 Å². The van der Waals surface area contributed by atoms with Gasteiger partial charge in [0.1, 0.15) is 29.5 Å². The number of carboxylic acids is 1. The summed E-state index contributed by atoms with van der Waals surface area (Å²) >= 11 is 12.4. The van der Waals surface area contributed by atoms with Crippen LogP contribution in [-0.4, -0.2) is 63.1 Å². The highest BCUT2D eigenvalue weighted by molar-refractivity contribution is 6.35. The second-order valence-corrected chi connectivity index (χ2v) is 11.5. The maximum absolute atomic E-state index is 13.6. The van der Waals surface area contributed by atoms with E-state index in [1.165, 1.54) is 9.80 Å². The Kier molecular flexibility index (Phi) is 8.14. The van der Waals surface area contributed by atoms with Crippen molar-refractivity contribution in [2.24, 2.45) is 0 Å². The van der Waals surface area contributed by atoms with Crippen LogP contribution >= 0.6 is 23.2 Å². The van der Waals surface area contributed by atoms with Crippen LogP contribution in [0.4, 0.5) is 4.79 Å². The van der Waals surface area contributed by atoms with E-state index in [4.69, 9.17) is 32.7 Å². The molecule has 2 aromatic carbocycles. The summed E-state index contributed by atoms with van der Waals surface area (Å²) in [6, 6.07) is 11.2. The Morgan fingerprint density at radius 1 is 1.05 bits per heavy atom. The molecule has 204 valence electrons. The fraction of sp³-hybridized carbons (Fsp3) is 0.464. The van der Waals surface area contributed by atoms with Crippen LogP contribution in [0.25, 0.3) is 0 Å². The zero-order valence-corrected chi connectivity index (χ0v) is 23.2. The lowest BCUT2D eigenvalue weighted by Gasteiger charge is -2.35. The van der Waals surface area contributed by atoms with Crippen molar-refractivity contribution in [1.82, 2.24) is 9.80 Å². The van der Waals surface area contributed by atoms with Crippen LogP contribution < -0.4 is 4.74 Å². The summed E-state index contributed by atoms with van der Waals surface area (Å²) in [4.78, 5) is 41.7. The van der Waals surface area contributed by atoms with Gasteiger partial charge < -0.3 is 19.5 Å². The molecule has 4 rings (SSSR count). The third-order valence-electron chi connectivity index (χ3n) is 6.99. The first-order valence-corrected chi connectivity index (χ1v) is 13.4. The fourth-order valence-electron chi connectivity index (χ4n) is 5.12. The average molecular weight is 563 g/mol. The van der Waals surface area contributed by atoms with E-state index in [0.717, 1.165) is 5.56 Å². The van der Waals surface area contributed by atoms with E-state index in [-0.39, 0.29) is 25.5 Å². The monoisotopic (exact) mass is 562 g/mol. The van der Waals surface area contributed by atoms with Crippen molar-refractivity contribution in [1.29, 1.82) is 0 Å². The molecular weight excluding hydrogens is 531 g/mol. The summed E-state index contributed by atoms with van der Waals surface area (Å²) in [6.45, 7) is 6.19. The summed E-state index contributed by atoms with van der Waals surface area (Å²) in [5.41, 5.74) is -0.320. The molecule has 2 saturated heterocycles. The molecule has 0 aliphatic carbocycles. The molecule has 10 heteroatoms. The van der Waals surface area contributed by atoms with Gasteiger partial charge in [0.25, 0.3) is 0 Å². The zero-order valence-electron chi connectivity index (χ0n) is 21.7. The number of carboxylic acid groups (broad SMARTS) is 1. The van der Waals surface area contributed by atoms with Crippen LogP contribution in [0.1, 0.15) is 51.2 Å². The van der Waals surface area contributed by atoms with E-state index >= 15 is 0 Å². The number of rotatable bonds is 7. The SMILES string of the molecule is CC(C)(C)OC(=O)N1CCC[C@@]12CCN([C@@H](Cc1ccc(OCc3c(Cl)cccc3Cl)cc1)C(=O)O)C2=O. The molecule has 0 saturated carbocycles. The number of halogens is 2. The number of carbonyl (C=O) groups excluding carboxylic acids is 2. The summed E-state index contributed by atoms with van der Waals surface area (Å²) in [7, 11) is 0. The summed E-state index contributed by atoms with van der Waals surface area (Å²) in [6.07, 6.45) is 1.13. The van der Waals surface area contributed by atoms with Crippen molar-refractivity contribution in [3.05, 3.63) is 63.6 Å². The van der Waals surface area contributed by atoms with Crippen molar-refractivity contribution in [3.63, 3.8) is 0 Å². The Balaban J connectivity index is 1.44. The number of hydrogen-bond donors (Lipinski definition) is 1. The minimum absolute atomic E-state index is 0.125. The van der Waals surface area contributed by atoms with E-state index in [9.17, 15) is 19.5 Å². The van der Waals surface area contributed by atoms with Gasteiger partial charge in [0.05, 0.1) is 0 Å². The Morgan fingerprint density at radius 3 is 2.32 bits per heavy atom. The number of benzene rings is 2. The lowest BCUT2D eigenvalue weighted by Crippen LogP contribution is -2.56. The van der Waals surface area contributed by atoms with Gasteiger partial charge in [-0.05, 0) is 69.9 Å². The maximum Gasteiger partial charge on any atom is 0.411 e. The Morgan fingerprint density at radius 2 is 1.71 bits per heavy atom. The van der Waals surface area contributed by atoms with E-state index in [1.807, 2.05) is 0 Å². The maximum atomic E-state index is 13.6. The normalized spacial score (nSPS) is 20.2. The lowest BCUT2D eigenvalue weighted by atomic mass is 9.94. The van der Waals surface area contributed by atoms with Crippen molar-refractivity contribution in [2.45, 2.75) is 70.2 Å². The molecule has 38 heavy (non-hydrogen) atoms. The molecule has 8 nitrogen and oxygen atoms in total.